The summed E-state index contributed by atoms with van der Waals surface area (Å²) in [4.78, 5) is 2.42. The van der Waals surface area contributed by atoms with E-state index in [0.29, 0.717) is 0 Å². The molecule has 11 aromatic carbocycles. The number of fused-ring (bicyclic) bond motifs is 1. The first-order chi connectivity index (χ1) is 32.2. The van der Waals surface area contributed by atoms with Crippen molar-refractivity contribution in [3.8, 4) is 77.9 Å². The van der Waals surface area contributed by atoms with E-state index in [1.807, 2.05) is 0 Å². The van der Waals surface area contributed by atoms with Crippen LogP contribution in [-0.4, -0.2) is 0 Å². The molecule has 0 aromatic heterocycles. The first kappa shape index (κ1) is 39.3. The van der Waals surface area contributed by atoms with Gasteiger partial charge in [0.1, 0.15) is 0 Å². The van der Waals surface area contributed by atoms with Crippen molar-refractivity contribution in [3.05, 3.63) is 273 Å². The van der Waals surface area contributed by atoms with Gasteiger partial charge in [-0.2, -0.15) is 0 Å². The van der Waals surface area contributed by atoms with Crippen molar-refractivity contribution in [2.75, 3.05) is 4.90 Å². The molecule has 1 nitrogen and oxygen atoms in total. The van der Waals surface area contributed by atoms with Gasteiger partial charge in [-0.05, 0) is 132 Å². The van der Waals surface area contributed by atoms with E-state index >= 15 is 0 Å². The fourth-order valence-corrected chi connectivity index (χ4v) is 9.30. The summed E-state index contributed by atoms with van der Waals surface area (Å²) in [6.45, 7) is 0. The van der Waals surface area contributed by atoms with E-state index in [0.717, 1.165) is 33.8 Å². The average molecular weight is 828 g/mol. The molecule has 306 valence electrons. The summed E-state index contributed by atoms with van der Waals surface area (Å²) in [7, 11) is 0. The molecule has 11 rings (SSSR count). The maximum atomic E-state index is 2.42. The molecule has 65 heavy (non-hydrogen) atoms. The molecule has 0 saturated carbocycles. The van der Waals surface area contributed by atoms with Gasteiger partial charge in [0, 0.05) is 16.9 Å². The van der Waals surface area contributed by atoms with Crippen molar-refractivity contribution in [1.82, 2.24) is 0 Å². The van der Waals surface area contributed by atoms with Crippen LogP contribution in [0.1, 0.15) is 0 Å². The van der Waals surface area contributed by atoms with Gasteiger partial charge < -0.3 is 4.90 Å². The Bertz CT molecular complexity index is 3300. The second-order valence-corrected chi connectivity index (χ2v) is 16.5. The maximum absolute atomic E-state index is 2.42. The van der Waals surface area contributed by atoms with Gasteiger partial charge in [0.2, 0.25) is 0 Å². The van der Waals surface area contributed by atoms with Crippen LogP contribution >= 0.6 is 0 Å². The Hall–Kier alpha value is -8.52. The minimum absolute atomic E-state index is 1.08. The van der Waals surface area contributed by atoms with Crippen LogP contribution < -0.4 is 4.90 Å². The number of nitrogens with zero attached hydrogens (tertiary/aromatic N) is 1. The van der Waals surface area contributed by atoms with Crippen LogP contribution in [-0.2, 0) is 0 Å². The zero-order chi connectivity index (χ0) is 43.4. The van der Waals surface area contributed by atoms with Gasteiger partial charge in [0.25, 0.3) is 0 Å². The highest BCUT2D eigenvalue weighted by molar-refractivity contribution is 6.01. The van der Waals surface area contributed by atoms with E-state index in [-0.39, 0.29) is 0 Å². The van der Waals surface area contributed by atoms with Crippen LogP contribution in [0, 0.1) is 0 Å². The Morgan fingerprint density at radius 2 is 0.585 bits per heavy atom. The second kappa shape index (κ2) is 17.7. The quantitative estimate of drug-likeness (QED) is 0.133. The van der Waals surface area contributed by atoms with Gasteiger partial charge in [0.05, 0.1) is 5.69 Å². The summed E-state index contributed by atoms with van der Waals surface area (Å²) in [6, 6.07) is 99.0. The molecule has 0 radical (unpaired) electrons. The molecule has 0 N–H and O–H groups in total. The SMILES string of the molecule is c1ccc(-c2ccc(N(c3ccc(-c4cccc5ccccc45)cc3)c3ccc(-c4c(-c5ccccc5)cc(-c5ccccc5)cc4-c4ccccc4)cc3-c3ccccc3)cc2)cc1. The summed E-state index contributed by atoms with van der Waals surface area (Å²) >= 11 is 0. The van der Waals surface area contributed by atoms with E-state index in [2.05, 4.69) is 278 Å². The van der Waals surface area contributed by atoms with Crippen LogP contribution in [0.3, 0.4) is 0 Å². The van der Waals surface area contributed by atoms with Crippen molar-refractivity contribution in [2.45, 2.75) is 0 Å². The molecule has 0 amide bonds. The Kier molecular flexibility index (Phi) is 10.7. The summed E-state index contributed by atoms with van der Waals surface area (Å²) in [6.07, 6.45) is 0. The molecule has 11 aromatic rings. The lowest BCUT2D eigenvalue weighted by Gasteiger charge is -2.29. The molecule has 0 bridgehead atoms. The zero-order valence-corrected chi connectivity index (χ0v) is 35.9. The molecule has 0 heterocycles. The van der Waals surface area contributed by atoms with Gasteiger partial charge in [-0.15, -0.1) is 0 Å². The maximum Gasteiger partial charge on any atom is 0.0540 e. The Morgan fingerprint density at radius 1 is 0.215 bits per heavy atom. The summed E-state index contributed by atoms with van der Waals surface area (Å²) < 4.78 is 0. The van der Waals surface area contributed by atoms with E-state index in [1.165, 1.54) is 72.0 Å². The van der Waals surface area contributed by atoms with Crippen LogP contribution in [0.5, 0.6) is 0 Å². The first-order valence-electron chi connectivity index (χ1n) is 22.3. The number of hydrogen-bond acceptors (Lipinski definition) is 1. The van der Waals surface area contributed by atoms with Gasteiger partial charge in [-0.25, -0.2) is 0 Å². The van der Waals surface area contributed by atoms with Crippen LogP contribution in [0.2, 0.25) is 0 Å². The molecule has 0 unspecified atom stereocenters. The standard InChI is InChI=1S/C64H45N/c1-6-19-46(20-7-1)48-33-38-56(39-34-48)65(57-40-35-53(36-41-57)59-32-18-30-49-29-16-17-31-58(49)59)63-42-37-54(43-60(63)50-23-10-3-11-24-50)64-61(51-25-12-4-13-26-51)44-55(47-21-8-2-9-22-47)45-62(64)52-27-14-5-15-28-52/h1-45H. The fourth-order valence-electron chi connectivity index (χ4n) is 9.30. The molecule has 0 fully saturated rings. The van der Waals surface area contributed by atoms with Crippen molar-refractivity contribution in [1.29, 1.82) is 0 Å². The summed E-state index contributed by atoms with van der Waals surface area (Å²) in [5, 5.41) is 2.49. The van der Waals surface area contributed by atoms with Crippen molar-refractivity contribution < 1.29 is 0 Å². The van der Waals surface area contributed by atoms with Gasteiger partial charge >= 0.3 is 0 Å². The number of benzene rings is 11. The third kappa shape index (κ3) is 7.93. The molecule has 1 heteroatoms. The molecular formula is C64H45N. The van der Waals surface area contributed by atoms with E-state index in [1.54, 1.807) is 0 Å². The van der Waals surface area contributed by atoms with E-state index < -0.39 is 0 Å². The van der Waals surface area contributed by atoms with Crippen LogP contribution in [0.15, 0.2) is 273 Å². The lowest BCUT2D eigenvalue weighted by atomic mass is 9.83. The zero-order valence-electron chi connectivity index (χ0n) is 35.9. The molecule has 0 spiro atoms. The number of hydrogen-bond donors (Lipinski definition) is 0. The second-order valence-electron chi connectivity index (χ2n) is 16.5. The number of rotatable bonds is 10. The average Bonchev–Trinajstić information content (AvgIpc) is 3.40. The number of anilines is 3. The highest BCUT2D eigenvalue weighted by Crippen LogP contribution is 2.48. The minimum Gasteiger partial charge on any atom is -0.310 e. The predicted molar refractivity (Wildman–Crippen MR) is 277 cm³/mol. The van der Waals surface area contributed by atoms with Gasteiger partial charge in [-0.1, -0.05) is 224 Å². The molecule has 0 aliphatic rings. The first-order valence-corrected chi connectivity index (χ1v) is 22.3. The lowest BCUT2D eigenvalue weighted by Crippen LogP contribution is -2.11. The van der Waals surface area contributed by atoms with Crippen molar-refractivity contribution >= 4 is 27.8 Å². The highest BCUT2D eigenvalue weighted by Gasteiger charge is 2.22. The molecular weight excluding hydrogens is 783 g/mol. The summed E-state index contributed by atoms with van der Waals surface area (Å²) in [5.41, 5.74) is 19.8. The minimum atomic E-state index is 1.08. The lowest BCUT2D eigenvalue weighted by molar-refractivity contribution is 1.28. The topological polar surface area (TPSA) is 3.24 Å². The monoisotopic (exact) mass is 827 g/mol. The molecule has 0 aliphatic heterocycles. The smallest absolute Gasteiger partial charge is 0.0540 e. The third-order valence-electron chi connectivity index (χ3n) is 12.5. The molecule has 0 atom stereocenters. The van der Waals surface area contributed by atoms with E-state index in [9.17, 15) is 0 Å². The Balaban J connectivity index is 1.13. The van der Waals surface area contributed by atoms with E-state index in [4.69, 9.17) is 0 Å². The van der Waals surface area contributed by atoms with Crippen LogP contribution in [0.4, 0.5) is 17.1 Å². The normalized spacial score (nSPS) is 11.1. The predicted octanol–water partition coefficient (Wildman–Crippen LogP) is 18.0. The van der Waals surface area contributed by atoms with Crippen molar-refractivity contribution in [2.24, 2.45) is 0 Å². The van der Waals surface area contributed by atoms with Crippen LogP contribution in [0.25, 0.3) is 88.7 Å². The third-order valence-corrected chi connectivity index (χ3v) is 12.5. The highest BCUT2D eigenvalue weighted by atomic mass is 15.1. The Morgan fingerprint density at radius 3 is 1.12 bits per heavy atom. The largest absolute Gasteiger partial charge is 0.310 e. The molecule has 0 saturated heterocycles. The summed E-state index contributed by atoms with van der Waals surface area (Å²) in [5.74, 6) is 0. The Labute approximate surface area is 381 Å². The van der Waals surface area contributed by atoms with Gasteiger partial charge in [0.15, 0.2) is 0 Å². The molecule has 0 aliphatic carbocycles. The fraction of sp³-hybridized carbons (Fsp3) is 0. The van der Waals surface area contributed by atoms with Gasteiger partial charge in [-0.3, -0.25) is 0 Å². The van der Waals surface area contributed by atoms with Crippen molar-refractivity contribution in [3.63, 3.8) is 0 Å².